The minimum atomic E-state index is 0.682. The Morgan fingerprint density at radius 3 is 2.75 bits per heavy atom. The van der Waals surface area contributed by atoms with Gasteiger partial charge in [0.1, 0.15) is 5.82 Å². The van der Waals surface area contributed by atoms with Gasteiger partial charge in [-0.05, 0) is 32.4 Å². The van der Waals surface area contributed by atoms with E-state index in [9.17, 15) is 0 Å². The van der Waals surface area contributed by atoms with Crippen LogP contribution < -0.4 is 5.32 Å². The molecule has 0 radical (unpaired) electrons. The summed E-state index contributed by atoms with van der Waals surface area (Å²) < 4.78 is 0. The van der Waals surface area contributed by atoms with Crippen LogP contribution in [0.5, 0.6) is 0 Å². The van der Waals surface area contributed by atoms with Gasteiger partial charge in [0.05, 0.1) is 6.54 Å². The van der Waals surface area contributed by atoms with Crippen LogP contribution in [-0.4, -0.2) is 16.5 Å². The van der Waals surface area contributed by atoms with Gasteiger partial charge in [0.15, 0.2) is 0 Å². The monoisotopic (exact) mass is 219 g/mol. The summed E-state index contributed by atoms with van der Waals surface area (Å²) in [7, 11) is 0. The fraction of sp³-hybridized carbons (Fsp3) is 0.692. The molecule has 0 atom stereocenters. The second-order valence-electron chi connectivity index (χ2n) is 4.61. The van der Waals surface area contributed by atoms with Crippen LogP contribution in [0.2, 0.25) is 0 Å². The number of hydrogen-bond donors (Lipinski definition) is 1. The fourth-order valence-corrected chi connectivity index (χ4v) is 2.40. The molecule has 3 heteroatoms. The van der Waals surface area contributed by atoms with E-state index in [0.717, 1.165) is 24.6 Å². The molecule has 0 spiro atoms. The molecule has 1 aliphatic carbocycles. The summed E-state index contributed by atoms with van der Waals surface area (Å²) in [6, 6.07) is 2.16. The van der Waals surface area contributed by atoms with Crippen molar-refractivity contribution in [3.63, 3.8) is 0 Å². The molecular weight excluding hydrogens is 198 g/mol. The molecule has 88 valence electrons. The molecule has 0 unspecified atom stereocenters. The molecule has 1 aliphatic rings. The van der Waals surface area contributed by atoms with Gasteiger partial charge in [-0.1, -0.05) is 19.8 Å². The molecule has 1 N–H and O–H groups in total. The lowest BCUT2D eigenvalue weighted by molar-refractivity contribution is 0.649. The minimum Gasteiger partial charge on any atom is -0.310 e. The third-order valence-corrected chi connectivity index (χ3v) is 3.23. The zero-order chi connectivity index (χ0) is 11.4. The Morgan fingerprint density at radius 2 is 2.06 bits per heavy atom. The van der Waals surface area contributed by atoms with Crippen molar-refractivity contribution in [3.05, 3.63) is 23.3 Å². The molecule has 0 saturated heterocycles. The predicted octanol–water partition coefficient (Wildman–Crippen LogP) is 2.55. The third-order valence-electron chi connectivity index (χ3n) is 3.23. The van der Waals surface area contributed by atoms with Crippen LogP contribution in [0.25, 0.3) is 0 Å². The summed E-state index contributed by atoms with van der Waals surface area (Å²) in [5.41, 5.74) is 2.36. The van der Waals surface area contributed by atoms with Gasteiger partial charge in [-0.3, -0.25) is 0 Å². The van der Waals surface area contributed by atoms with Crippen molar-refractivity contribution < 1.29 is 0 Å². The fourth-order valence-electron chi connectivity index (χ4n) is 2.40. The molecule has 3 nitrogen and oxygen atoms in total. The standard InChI is InChI=1S/C13H21N3/c1-3-14-9-13-15-10(2)8-12(16-13)11-6-4-5-7-11/h8,11,14H,3-7,9H2,1-2H3. The molecule has 1 fully saturated rings. The molecular formula is C13H21N3. The first-order valence-electron chi connectivity index (χ1n) is 6.34. The Labute approximate surface area is 97.7 Å². The second-order valence-corrected chi connectivity index (χ2v) is 4.61. The molecule has 1 heterocycles. The van der Waals surface area contributed by atoms with Crippen LogP contribution in [0.4, 0.5) is 0 Å². The first-order chi connectivity index (χ1) is 7.79. The summed E-state index contributed by atoms with van der Waals surface area (Å²) in [5, 5.41) is 3.28. The average molecular weight is 219 g/mol. The van der Waals surface area contributed by atoms with E-state index in [2.05, 4.69) is 35.2 Å². The zero-order valence-electron chi connectivity index (χ0n) is 10.3. The van der Waals surface area contributed by atoms with Gasteiger partial charge in [0, 0.05) is 17.3 Å². The van der Waals surface area contributed by atoms with E-state index >= 15 is 0 Å². The minimum absolute atomic E-state index is 0.682. The molecule has 1 saturated carbocycles. The quantitative estimate of drug-likeness (QED) is 0.845. The van der Waals surface area contributed by atoms with E-state index in [-0.39, 0.29) is 0 Å². The van der Waals surface area contributed by atoms with Crippen molar-refractivity contribution >= 4 is 0 Å². The second kappa shape index (κ2) is 5.39. The zero-order valence-corrected chi connectivity index (χ0v) is 10.3. The van der Waals surface area contributed by atoms with E-state index in [4.69, 9.17) is 0 Å². The Morgan fingerprint density at radius 1 is 1.31 bits per heavy atom. The van der Waals surface area contributed by atoms with Crippen molar-refractivity contribution in [2.75, 3.05) is 6.54 Å². The topological polar surface area (TPSA) is 37.8 Å². The Kier molecular flexibility index (Phi) is 3.88. The van der Waals surface area contributed by atoms with Gasteiger partial charge in [-0.2, -0.15) is 0 Å². The predicted molar refractivity (Wildman–Crippen MR) is 65.4 cm³/mol. The van der Waals surface area contributed by atoms with Crippen molar-refractivity contribution in [1.82, 2.24) is 15.3 Å². The first-order valence-corrected chi connectivity index (χ1v) is 6.34. The summed E-state index contributed by atoms with van der Waals surface area (Å²) >= 11 is 0. The van der Waals surface area contributed by atoms with Crippen molar-refractivity contribution in [2.24, 2.45) is 0 Å². The number of aryl methyl sites for hydroxylation is 1. The highest BCUT2D eigenvalue weighted by atomic mass is 15.0. The van der Waals surface area contributed by atoms with E-state index < -0.39 is 0 Å². The van der Waals surface area contributed by atoms with Crippen molar-refractivity contribution in [1.29, 1.82) is 0 Å². The van der Waals surface area contributed by atoms with Gasteiger partial charge in [0.25, 0.3) is 0 Å². The van der Waals surface area contributed by atoms with E-state index in [1.165, 1.54) is 31.4 Å². The normalized spacial score (nSPS) is 16.9. The molecule has 0 aromatic carbocycles. The van der Waals surface area contributed by atoms with Gasteiger partial charge in [-0.15, -0.1) is 0 Å². The number of rotatable bonds is 4. The first kappa shape index (κ1) is 11.5. The molecule has 16 heavy (non-hydrogen) atoms. The molecule has 0 amide bonds. The largest absolute Gasteiger partial charge is 0.310 e. The third kappa shape index (κ3) is 2.79. The SMILES string of the molecule is CCNCc1nc(C)cc(C2CCCC2)n1. The van der Waals surface area contributed by atoms with Crippen molar-refractivity contribution in [3.8, 4) is 0 Å². The van der Waals surface area contributed by atoms with Crippen LogP contribution in [0.1, 0.15) is 55.7 Å². The highest BCUT2D eigenvalue weighted by Gasteiger charge is 2.19. The maximum absolute atomic E-state index is 4.68. The van der Waals surface area contributed by atoms with Crippen LogP contribution in [0, 0.1) is 6.92 Å². The number of nitrogens with one attached hydrogen (secondary N) is 1. The molecule has 2 rings (SSSR count). The average Bonchev–Trinajstić information content (AvgIpc) is 2.79. The van der Waals surface area contributed by atoms with Crippen molar-refractivity contribution in [2.45, 2.75) is 52.0 Å². The van der Waals surface area contributed by atoms with E-state index in [1.807, 2.05) is 0 Å². The molecule has 1 aromatic rings. The molecule has 0 aliphatic heterocycles. The van der Waals surface area contributed by atoms with Crippen LogP contribution >= 0.6 is 0 Å². The van der Waals surface area contributed by atoms with Crippen LogP contribution in [0.3, 0.4) is 0 Å². The summed E-state index contributed by atoms with van der Waals surface area (Å²) in [6.45, 7) is 5.93. The van der Waals surface area contributed by atoms with Gasteiger partial charge in [-0.25, -0.2) is 9.97 Å². The van der Waals surface area contributed by atoms with E-state index in [0.29, 0.717) is 5.92 Å². The lowest BCUT2D eigenvalue weighted by Gasteiger charge is -2.11. The van der Waals surface area contributed by atoms with Gasteiger partial charge in [0.2, 0.25) is 0 Å². The van der Waals surface area contributed by atoms with Crippen LogP contribution in [-0.2, 0) is 6.54 Å². The summed E-state index contributed by atoms with van der Waals surface area (Å²) in [5.74, 6) is 1.63. The lowest BCUT2D eigenvalue weighted by atomic mass is 10.0. The number of aromatic nitrogens is 2. The van der Waals surface area contributed by atoms with Crippen LogP contribution in [0.15, 0.2) is 6.07 Å². The van der Waals surface area contributed by atoms with Gasteiger partial charge < -0.3 is 5.32 Å². The maximum atomic E-state index is 4.68. The maximum Gasteiger partial charge on any atom is 0.142 e. The summed E-state index contributed by atoms with van der Waals surface area (Å²) in [4.78, 5) is 9.15. The lowest BCUT2D eigenvalue weighted by Crippen LogP contribution is -2.16. The van der Waals surface area contributed by atoms with Gasteiger partial charge >= 0.3 is 0 Å². The highest BCUT2D eigenvalue weighted by Crippen LogP contribution is 2.33. The number of hydrogen-bond acceptors (Lipinski definition) is 3. The smallest absolute Gasteiger partial charge is 0.142 e. The number of nitrogens with zero attached hydrogens (tertiary/aromatic N) is 2. The van der Waals surface area contributed by atoms with E-state index in [1.54, 1.807) is 0 Å². The molecule has 0 bridgehead atoms. The Bertz CT molecular complexity index is 343. The Hall–Kier alpha value is -0.960. The summed E-state index contributed by atoms with van der Waals surface area (Å²) in [6.07, 6.45) is 5.32. The highest BCUT2D eigenvalue weighted by molar-refractivity contribution is 5.15. The molecule has 1 aromatic heterocycles. The Balaban J connectivity index is 2.14.